The minimum Gasteiger partial charge on any atom is -0.258 e. The summed E-state index contributed by atoms with van der Waals surface area (Å²) in [5.74, 6) is 0. The van der Waals surface area contributed by atoms with Crippen molar-refractivity contribution in [2.45, 2.75) is 20.8 Å². The molecule has 0 radical (unpaired) electrons. The van der Waals surface area contributed by atoms with E-state index >= 15 is 0 Å². The average Bonchev–Trinajstić information content (AvgIpc) is 2.84. The summed E-state index contributed by atoms with van der Waals surface area (Å²) < 4.78 is 0. The van der Waals surface area contributed by atoms with Crippen LogP contribution in [0.25, 0.3) is 44.6 Å². The molecule has 0 aliphatic rings. The Bertz CT molecular complexity index is 1320. The zero-order valence-electron chi connectivity index (χ0n) is 19.2. The number of nitrogens with zero attached hydrogens (tertiary/aromatic N) is 2. The molecule has 5 rings (SSSR count). The van der Waals surface area contributed by atoms with E-state index in [0.717, 1.165) is 28.2 Å². The van der Waals surface area contributed by atoms with Crippen LogP contribution in [-0.4, -0.2) is 9.97 Å². The Morgan fingerprint density at radius 3 is 1.67 bits per heavy atom. The molecule has 0 aliphatic carbocycles. The highest BCUT2D eigenvalue weighted by atomic mass is 14.7. The van der Waals surface area contributed by atoms with Crippen molar-refractivity contribution in [1.29, 1.82) is 0 Å². The number of hydrogen-bond acceptors (Lipinski definition) is 2. The number of rotatable bonds is 4. The minimum absolute atomic E-state index is 0.958. The maximum Gasteiger partial charge on any atom is 0.0723 e. The van der Waals surface area contributed by atoms with Crippen molar-refractivity contribution < 1.29 is 0 Å². The topological polar surface area (TPSA) is 25.8 Å². The fraction of sp³-hybridized carbons (Fsp3) is 0.0968. The van der Waals surface area contributed by atoms with E-state index in [4.69, 9.17) is 4.98 Å². The third kappa shape index (κ3) is 4.08. The molecule has 160 valence electrons. The summed E-state index contributed by atoms with van der Waals surface area (Å²) in [4.78, 5) is 9.57. The van der Waals surface area contributed by atoms with Crippen LogP contribution in [0, 0.1) is 20.8 Å². The number of aromatic nitrogens is 2. The van der Waals surface area contributed by atoms with E-state index in [1.54, 1.807) is 0 Å². The van der Waals surface area contributed by atoms with Crippen molar-refractivity contribution in [2.75, 3.05) is 0 Å². The third-order valence-corrected chi connectivity index (χ3v) is 6.07. The van der Waals surface area contributed by atoms with Gasteiger partial charge in [-0.15, -0.1) is 0 Å². The van der Waals surface area contributed by atoms with Gasteiger partial charge in [-0.3, -0.25) is 9.97 Å². The summed E-state index contributed by atoms with van der Waals surface area (Å²) in [7, 11) is 0. The van der Waals surface area contributed by atoms with E-state index in [0.29, 0.717) is 0 Å². The maximum absolute atomic E-state index is 4.91. The first-order chi connectivity index (χ1) is 16.1. The predicted molar refractivity (Wildman–Crippen MR) is 138 cm³/mol. The van der Waals surface area contributed by atoms with Gasteiger partial charge in [0.1, 0.15) is 0 Å². The largest absolute Gasteiger partial charge is 0.258 e. The van der Waals surface area contributed by atoms with E-state index < -0.39 is 0 Å². The summed E-state index contributed by atoms with van der Waals surface area (Å²) in [6, 6.07) is 34.1. The molecule has 2 heterocycles. The van der Waals surface area contributed by atoms with Crippen LogP contribution < -0.4 is 0 Å². The fourth-order valence-corrected chi connectivity index (χ4v) is 4.68. The first-order valence-electron chi connectivity index (χ1n) is 11.3. The van der Waals surface area contributed by atoms with Gasteiger partial charge in [-0.25, -0.2) is 0 Å². The molecule has 2 nitrogen and oxygen atoms in total. The Hall–Kier alpha value is -4.04. The van der Waals surface area contributed by atoms with Gasteiger partial charge in [0.25, 0.3) is 0 Å². The molecule has 0 unspecified atom stereocenters. The highest BCUT2D eigenvalue weighted by Gasteiger charge is 2.15. The van der Waals surface area contributed by atoms with E-state index in [-0.39, 0.29) is 0 Å². The molecule has 0 saturated carbocycles. The lowest BCUT2D eigenvalue weighted by atomic mass is 9.88. The second-order valence-electron chi connectivity index (χ2n) is 8.43. The van der Waals surface area contributed by atoms with Crippen molar-refractivity contribution in [3.05, 3.63) is 120 Å². The van der Waals surface area contributed by atoms with E-state index in [2.05, 4.69) is 116 Å². The van der Waals surface area contributed by atoms with Crippen LogP contribution in [0.1, 0.15) is 17.0 Å². The second-order valence-corrected chi connectivity index (χ2v) is 8.43. The Morgan fingerprint density at radius 1 is 0.545 bits per heavy atom. The van der Waals surface area contributed by atoms with Crippen LogP contribution in [0.4, 0.5) is 0 Å². The zero-order valence-corrected chi connectivity index (χ0v) is 19.2. The first kappa shape index (κ1) is 20.8. The molecule has 0 amide bonds. The summed E-state index contributed by atoms with van der Waals surface area (Å²) in [5.41, 5.74) is 12.4. The van der Waals surface area contributed by atoms with Gasteiger partial charge < -0.3 is 0 Å². The Kier molecular flexibility index (Phi) is 5.58. The molecular formula is C31H26N2. The van der Waals surface area contributed by atoms with Gasteiger partial charge in [0.2, 0.25) is 0 Å². The van der Waals surface area contributed by atoms with Crippen LogP contribution in [0.3, 0.4) is 0 Å². The lowest BCUT2D eigenvalue weighted by molar-refractivity contribution is 1.10. The van der Waals surface area contributed by atoms with Gasteiger partial charge in [0.05, 0.1) is 5.69 Å². The molecular weight excluding hydrogens is 400 g/mol. The normalized spacial score (nSPS) is 10.9. The van der Waals surface area contributed by atoms with Gasteiger partial charge in [-0.05, 0) is 66.3 Å². The van der Waals surface area contributed by atoms with Crippen molar-refractivity contribution in [3.63, 3.8) is 0 Å². The molecule has 2 aromatic heterocycles. The minimum atomic E-state index is 0.958. The number of benzene rings is 3. The molecule has 5 aromatic rings. The van der Waals surface area contributed by atoms with E-state index in [9.17, 15) is 0 Å². The molecule has 0 bridgehead atoms. The average molecular weight is 427 g/mol. The molecule has 0 saturated heterocycles. The highest BCUT2D eigenvalue weighted by molar-refractivity contribution is 5.94. The zero-order chi connectivity index (χ0) is 22.8. The quantitative estimate of drug-likeness (QED) is 0.290. The van der Waals surface area contributed by atoms with Crippen LogP contribution in [-0.2, 0) is 0 Å². The number of hydrogen-bond donors (Lipinski definition) is 0. The third-order valence-electron chi connectivity index (χ3n) is 6.07. The predicted octanol–water partition coefficient (Wildman–Crippen LogP) is 8.07. The Morgan fingerprint density at radius 2 is 1.15 bits per heavy atom. The summed E-state index contributed by atoms with van der Waals surface area (Å²) in [6.45, 7) is 6.22. The van der Waals surface area contributed by atoms with Crippen LogP contribution in [0.5, 0.6) is 0 Å². The van der Waals surface area contributed by atoms with Gasteiger partial charge in [0, 0.05) is 28.7 Å². The number of aryl methyl sites for hydroxylation is 3. The van der Waals surface area contributed by atoms with Crippen LogP contribution in [0.15, 0.2) is 103 Å². The van der Waals surface area contributed by atoms with Crippen LogP contribution >= 0.6 is 0 Å². The lowest BCUT2D eigenvalue weighted by Gasteiger charge is -2.17. The highest BCUT2D eigenvalue weighted by Crippen LogP contribution is 2.40. The molecule has 0 fully saturated rings. The molecule has 2 heteroatoms. The summed E-state index contributed by atoms with van der Waals surface area (Å²) >= 11 is 0. The first-order valence-corrected chi connectivity index (χ1v) is 11.3. The van der Waals surface area contributed by atoms with Gasteiger partial charge in [0.15, 0.2) is 0 Å². The summed E-state index contributed by atoms with van der Waals surface area (Å²) in [5, 5.41) is 0. The van der Waals surface area contributed by atoms with Gasteiger partial charge in [-0.1, -0.05) is 84.9 Å². The monoisotopic (exact) mass is 426 g/mol. The van der Waals surface area contributed by atoms with E-state index in [1.807, 2.05) is 13.1 Å². The van der Waals surface area contributed by atoms with Crippen LogP contribution in [0.2, 0.25) is 0 Å². The summed E-state index contributed by atoms with van der Waals surface area (Å²) in [6.07, 6.45) is 2.00. The molecule has 33 heavy (non-hydrogen) atoms. The SMILES string of the molecule is Cc1cc(C)c(-c2ccc(-c3c(-c4ccccc4)cccc3-c3ccccc3)cn2)c(C)n1. The van der Waals surface area contributed by atoms with Crippen molar-refractivity contribution in [2.24, 2.45) is 0 Å². The standard InChI is InChI=1S/C31H26N2/c1-21-19-22(2)33-23(3)30(21)29-18-17-26(20-32-29)31-27(24-11-6-4-7-12-24)15-10-16-28(31)25-13-8-5-9-14-25/h4-20H,1-3H3. The number of pyridine rings is 2. The molecule has 0 N–H and O–H groups in total. The second kappa shape index (κ2) is 8.84. The molecule has 0 atom stereocenters. The fourth-order valence-electron chi connectivity index (χ4n) is 4.68. The molecule has 0 aliphatic heterocycles. The molecule has 0 spiro atoms. The maximum atomic E-state index is 4.91. The molecule has 3 aromatic carbocycles. The Labute approximate surface area is 195 Å². The smallest absolute Gasteiger partial charge is 0.0723 e. The Balaban J connectivity index is 1.69. The van der Waals surface area contributed by atoms with Gasteiger partial charge >= 0.3 is 0 Å². The lowest BCUT2D eigenvalue weighted by Crippen LogP contribution is -1.97. The van der Waals surface area contributed by atoms with Crippen molar-refractivity contribution >= 4 is 0 Å². The van der Waals surface area contributed by atoms with Crippen molar-refractivity contribution in [3.8, 4) is 44.6 Å². The van der Waals surface area contributed by atoms with Crippen molar-refractivity contribution in [1.82, 2.24) is 9.97 Å². The van der Waals surface area contributed by atoms with Gasteiger partial charge in [-0.2, -0.15) is 0 Å². The van der Waals surface area contributed by atoms with E-state index in [1.165, 1.54) is 33.4 Å².